The van der Waals surface area contributed by atoms with Crippen LogP contribution >= 0.6 is 23.2 Å². The summed E-state index contributed by atoms with van der Waals surface area (Å²) < 4.78 is 32.2. The van der Waals surface area contributed by atoms with E-state index < -0.39 is 15.9 Å². The molecule has 1 N–H and O–H groups in total. The second-order valence-corrected chi connectivity index (χ2v) is 9.72. The van der Waals surface area contributed by atoms with Gasteiger partial charge in [-0.1, -0.05) is 37.0 Å². The Kier molecular flexibility index (Phi) is 7.61. The van der Waals surface area contributed by atoms with Crippen LogP contribution in [-0.2, 0) is 14.8 Å². The molecule has 0 aliphatic rings. The number of hydrogen-bond acceptors (Lipinski definition) is 5. The topological polar surface area (TPSA) is 88.6 Å². The molecular formula is C22H23Cl2N3O4S. The van der Waals surface area contributed by atoms with E-state index in [9.17, 15) is 13.2 Å². The van der Waals surface area contributed by atoms with Gasteiger partial charge in [-0.15, -0.1) is 0 Å². The molecule has 0 radical (unpaired) electrons. The van der Waals surface area contributed by atoms with E-state index in [1.807, 2.05) is 19.1 Å². The van der Waals surface area contributed by atoms with Crippen molar-refractivity contribution >= 4 is 55.7 Å². The number of carbonyl (C=O) groups is 1. The Bertz CT molecular complexity index is 1240. The number of sulfonamides is 1. The van der Waals surface area contributed by atoms with Crippen LogP contribution in [0.25, 0.3) is 10.9 Å². The summed E-state index contributed by atoms with van der Waals surface area (Å²) in [5.74, 6) is -0.165. The Morgan fingerprint density at radius 3 is 2.34 bits per heavy atom. The molecule has 3 rings (SSSR count). The molecule has 7 nitrogen and oxygen atoms in total. The summed E-state index contributed by atoms with van der Waals surface area (Å²) in [6.45, 7) is 5.83. The van der Waals surface area contributed by atoms with Gasteiger partial charge in [-0.2, -0.15) is 4.31 Å². The van der Waals surface area contributed by atoms with Crippen LogP contribution in [0.15, 0.2) is 47.4 Å². The lowest BCUT2D eigenvalue weighted by atomic mass is 10.2. The second kappa shape index (κ2) is 10.0. The number of halogens is 2. The minimum atomic E-state index is -3.56. The highest BCUT2D eigenvalue weighted by Gasteiger charge is 2.21. The third-order valence-electron chi connectivity index (χ3n) is 4.81. The Hall–Kier alpha value is -2.39. The average molecular weight is 496 g/mol. The zero-order valence-electron chi connectivity index (χ0n) is 17.9. The predicted octanol–water partition coefficient (Wildman–Crippen LogP) is 4.90. The molecule has 0 bridgehead atoms. The number of anilines is 1. The summed E-state index contributed by atoms with van der Waals surface area (Å²) >= 11 is 12.5. The zero-order valence-corrected chi connectivity index (χ0v) is 20.2. The number of fused-ring (bicyclic) bond motifs is 1. The zero-order chi connectivity index (χ0) is 23.5. The van der Waals surface area contributed by atoms with Crippen molar-refractivity contribution in [1.82, 2.24) is 9.29 Å². The molecule has 0 aliphatic carbocycles. The molecule has 3 aromatic rings. The summed E-state index contributed by atoms with van der Waals surface area (Å²) in [4.78, 5) is 17.0. The van der Waals surface area contributed by atoms with Gasteiger partial charge < -0.3 is 10.1 Å². The lowest BCUT2D eigenvalue weighted by Gasteiger charge is -2.18. The van der Waals surface area contributed by atoms with Gasteiger partial charge in [-0.3, -0.25) is 4.79 Å². The largest absolute Gasteiger partial charge is 0.480 e. The van der Waals surface area contributed by atoms with Crippen LogP contribution in [0, 0.1) is 6.92 Å². The molecule has 10 heteroatoms. The summed E-state index contributed by atoms with van der Waals surface area (Å²) in [5.41, 5.74) is 1.67. The first kappa shape index (κ1) is 24.3. The van der Waals surface area contributed by atoms with Crippen molar-refractivity contribution in [3.05, 3.63) is 58.2 Å². The number of pyridine rings is 1. The molecule has 2 aromatic carbocycles. The normalized spacial score (nSPS) is 11.7. The van der Waals surface area contributed by atoms with Gasteiger partial charge in [0.15, 0.2) is 12.4 Å². The molecule has 0 fully saturated rings. The van der Waals surface area contributed by atoms with Gasteiger partial charge in [-0.25, -0.2) is 13.4 Å². The van der Waals surface area contributed by atoms with Crippen molar-refractivity contribution in [2.75, 3.05) is 25.0 Å². The van der Waals surface area contributed by atoms with Crippen molar-refractivity contribution in [2.24, 2.45) is 0 Å². The molecule has 0 unspecified atom stereocenters. The smallest absolute Gasteiger partial charge is 0.262 e. The SMILES string of the molecule is CCN(CC)S(=O)(=O)c1ccc(NC(=O)COc2c(Cl)cc(Cl)c3ccc(C)nc23)cc1. The van der Waals surface area contributed by atoms with E-state index in [-0.39, 0.29) is 22.3 Å². The Labute approximate surface area is 197 Å². The number of benzene rings is 2. The number of ether oxygens (including phenoxy) is 1. The maximum atomic E-state index is 12.6. The van der Waals surface area contributed by atoms with E-state index in [4.69, 9.17) is 27.9 Å². The molecule has 1 aromatic heterocycles. The molecule has 0 saturated carbocycles. The molecule has 170 valence electrons. The summed E-state index contributed by atoms with van der Waals surface area (Å²) in [5, 5.41) is 4.03. The second-order valence-electron chi connectivity index (χ2n) is 6.97. The highest BCUT2D eigenvalue weighted by atomic mass is 35.5. The summed E-state index contributed by atoms with van der Waals surface area (Å²) in [6.07, 6.45) is 0. The maximum absolute atomic E-state index is 12.6. The van der Waals surface area contributed by atoms with E-state index >= 15 is 0 Å². The lowest BCUT2D eigenvalue weighted by Crippen LogP contribution is -2.30. The summed E-state index contributed by atoms with van der Waals surface area (Å²) in [7, 11) is -3.56. The third kappa shape index (κ3) is 5.15. The van der Waals surface area contributed by atoms with Crippen molar-refractivity contribution in [2.45, 2.75) is 25.7 Å². The van der Waals surface area contributed by atoms with E-state index in [0.717, 1.165) is 5.69 Å². The third-order valence-corrected chi connectivity index (χ3v) is 7.46. The Balaban J connectivity index is 1.72. The maximum Gasteiger partial charge on any atom is 0.262 e. The van der Waals surface area contributed by atoms with Crippen LogP contribution < -0.4 is 10.1 Å². The standard InChI is InChI=1S/C22H23Cl2N3O4S/c1-4-27(5-2)32(29,30)16-9-7-15(8-10-16)26-20(28)13-31-22-19(24)12-18(23)17-11-6-14(3)25-21(17)22/h6-12H,4-5,13H2,1-3H3,(H,26,28). The molecule has 0 aliphatic heterocycles. The van der Waals surface area contributed by atoms with Crippen molar-refractivity contribution in [1.29, 1.82) is 0 Å². The van der Waals surface area contributed by atoms with Gasteiger partial charge in [-0.05, 0) is 49.4 Å². The predicted molar refractivity (Wildman–Crippen MR) is 127 cm³/mol. The fourth-order valence-corrected chi connectivity index (χ4v) is 5.21. The fraction of sp³-hybridized carbons (Fsp3) is 0.273. The number of aromatic nitrogens is 1. The van der Waals surface area contributed by atoms with Gasteiger partial charge in [0.05, 0.1) is 14.9 Å². The molecule has 0 saturated heterocycles. The first-order chi connectivity index (χ1) is 15.2. The van der Waals surface area contributed by atoms with Gasteiger partial charge in [0.1, 0.15) is 5.52 Å². The van der Waals surface area contributed by atoms with Gasteiger partial charge in [0.2, 0.25) is 10.0 Å². The highest BCUT2D eigenvalue weighted by molar-refractivity contribution is 7.89. The number of nitrogens with one attached hydrogen (secondary N) is 1. The average Bonchev–Trinajstić information content (AvgIpc) is 2.74. The molecule has 32 heavy (non-hydrogen) atoms. The molecule has 1 heterocycles. The molecule has 1 amide bonds. The highest BCUT2D eigenvalue weighted by Crippen LogP contribution is 2.37. The van der Waals surface area contributed by atoms with E-state index in [1.54, 1.807) is 19.9 Å². The first-order valence-electron chi connectivity index (χ1n) is 9.95. The van der Waals surface area contributed by atoms with Crippen LogP contribution in [0.2, 0.25) is 10.0 Å². The van der Waals surface area contributed by atoms with Crippen molar-refractivity contribution in [3.63, 3.8) is 0 Å². The monoisotopic (exact) mass is 495 g/mol. The van der Waals surface area contributed by atoms with Gasteiger partial charge >= 0.3 is 0 Å². The molecule has 0 spiro atoms. The van der Waals surface area contributed by atoms with Crippen LogP contribution in [0.4, 0.5) is 5.69 Å². The number of rotatable bonds is 8. The van der Waals surface area contributed by atoms with Gasteiger partial charge in [0, 0.05) is 29.9 Å². The van der Waals surface area contributed by atoms with Gasteiger partial charge in [0.25, 0.3) is 5.91 Å². The Morgan fingerprint density at radius 1 is 1.06 bits per heavy atom. The van der Waals surface area contributed by atoms with Crippen LogP contribution in [0.5, 0.6) is 5.75 Å². The van der Waals surface area contributed by atoms with Crippen LogP contribution in [0.3, 0.4) is 0 Å². The number of amides is 1. The van der Waals surface area contributed by atoms with Crippen LogP contribution in [0.1, 0.15) is 19.5 Å². The van der Waals surface area contributed by atoms with Crippen molar-refractivity contribution in [3.8, 4) is 5.75 Å². The number of hydrogen-bond donors (Lipinski definition) is 1. The number of aryl methyl sites for hydroxylation is 1. The summed E-state index contributed by atoms with van der Waals surface area (Å²) in [6, 6.07) is 11.2. The quantitative estimate of drug-likeness (QED) is 0.480. The molecule has 0 atom stereocenters. The minimum absolute atomic E-state index is 0.163. The van der Waals surface area contributed by atoms with E-state index in [0.29, 0.717) is 34.7 Å². The number of nitrogens with zero attached hydrogens (tertiary/aromatic N) is 2. The van der Waals surface area contributed by atoms with E-state index in [1.165, 1.54) is 28.6 Å². The molecular weight excluding hydrogens is 473 g/mol. The van der Waals surface area contributed by atoms with E-state index in [2.05, 4.69) is 10.3 Å². The lowest BCUT2D eigenvalue weighted by molar-refractivity contribution is -0.118. The fourth-order valence-electron chi connectivity index (χ4n) is 3.19. The Morgan fingerprint density at radius 2 is 1.72 bits per heavy atom. The van der Waals surface area contributed by atoms with Crippen LogP contribution in [-0.4, -0.2) is 43.3 Å². The van der Waals surface area contributed by atoms with Crippen molar-refractivity contribution < 1.29 is 17.9 Å². The number of carbonyl (C=O) groups excluding carboxylic acids is 1. The first-order valence-corrected chi connectivity index (χ1v) is 12.1. The minimum Gasteiger partial charge on any atom is -0.480 e.